The van der Waals surface area contributed by atoms with Crippen molar-refractivity contribution in [2.75, 3.05) is 0 Å². The van der Waals surface area contributed by atoms with Gasteiger partial charge < -0.3 is 13.3 Å². The van der Waals surface area contributed by atoms with E-state index in [1.54, 1.807) is 6.20 Å². The summed E-state index contributed by atoms with van der Waals surface area (Å²) in [5.41, 5.74) is 13.9. The molecule has 0 atom stereocenters. The van der Waals surface area contributed by atoms with Crippen LogP contribution in [0.4, 0.5) is 0 Å². The van der Waals surface area contributed by atoms with Gasteiger partial charge in [-0.25, -0.2) is 15.0 Å². The number of benzene rings is 8. The minimum Gasteiger partial charge on any atom is -0.456 e. The van der Waals surface area contributed by atoms with Gasteiger partial charge in [0.05, 0.1) is 0 Å². The molecule has 0 saturated carbocycles. The van der Waals surface area contributed by atoms with E-state index in [-0.39, 0.29) is 0 Å². The zero-order valence-electron chi connectivity index (χ0n) is 33.5. The quantitative estimate of drug-likeness (QED) is 0.165. The molecule has 0 amide bonds. The SMILES string of the molecule is c1cncc(-c2ccc(-c3nc(-c4ccc(-c5ccc(-c6cccc7oc8ccccc8c67)c6c5oc5ccccc56)cc4)nc(-c4ccc5c(c4)oc4ccccc45)n3)cc2)c1. The second-order valence-electron chi connectivity index (χ2n) is 15.8. The van der Waals surface area contributed by atoms with Gasteiger partial charge in [-0.05, 0) is 76.3 Å². The zero-order chi connectivity index (χ0) is 41.4. The average molecular weight is 809 g/mol. The molecule has 0 aliphatic heterocycles. The number of hydrogen-bond donors (Lipinski definition) is 0. The standard InChI is InChI=1S/C56H32N4O3/c1-4-14-46-40(10-1)41-27-26-37(31-50(41)62-46)56-59-54(35-22-18-33(19-23-35)38-9-8-30-57-32-38)58-55(60-56)36-24-20-34(21-25-36)39-28-29-43(52-45-12-3-6-16-48(45)63-53(39)52)42-13-7-17-49-51(42)44-11-2-5-15-47(44)61-49/h1-32H. The molecule has 0 N–H and O–H groups in total. The Morgan fingerprint density at radius 3 is 1.54 bits per heavy atom. The Labute approximate surface area is 359 Å². The molecule has 0 fully saturated rings. The largest absolute Gasteiger partial charge is 0.456 e. The lowest BCUT2D eigenvalue weighted by molar-refractivity contribution is 0.668. The summed E-state index contributed by atoms with van der Waals surface area (Å²) in [6.07, 6.45) is 3.64. The van der Waals surface area contributed by atoms with Gasteiger partial charge >= 0.3 is 0 Å². The maximum atomic E-state index is 6.74. The van der Waals surface area contributed by atoms with Crippen molar-refractivity contribution < 1.29 is 13.3 Å². The van der Waals surface area contributed by atoms with Gasteiger partial charge in [0.2, 0.25) is 0 Å². The summed E-state index contributed by atoms with van der Waals surface area (Å²) < 4.78 is 19.3. The Morgan fingerprint density at radius 2 is 0.825 bits per heavy atom. The maximum absolute atomic E-state index is 6.74. The molecule has 0 spiro atoms. The number of aromatic nitrogens is 4. The molecular formula is C56H32N4O3. The van der Waals surface area contributed by atoms with Gasteiger partial charge in [0.25, 0.3) is 0 Å². The van der Waals surface area contributed by atoms with Gasteiger partial charge in [-0.2, -0.15) is 0 Å². The second kappa shape index (κ2) is 13.9. The van der Waals surface area contributed by atoms with Crippen LogP contribution < -0.4 is 0 Å². The summed E-state index contributed by atoms with van der Waals surface area (Å²) >= 11 is 0. The minimum absolute atomic E-state index is 0.553. The fourth-order valence-corrected chi connectivity index (χ4v) is 9.05. The Hall–Kier alpha value is -8.68. The third-order valence-electron chi connectivity index (χ3n) is 12.1. The number of furan rings is 3. The van der Waals surface area contributed by atoms with Gasteiger partial charge in [0.15, 0.2) is 17.5 Å². The maximum Gasteiger partial charge on any atom is 0.164 e. The Kier molecular flexibility index (Phi) is 7.77. The zero-order valence-corrected chi connectivity index (χ0v) is 33.5. The summed E-state index contributed by atoms with van der Waals surface area (Å²) in [6.45, 7) is 0. The molecule has 0 aliphatic rings. The van der Waals surface area contributed by atoms with Crippen LogP contribution in [0, 0.1) is 0 Å². The molecule has 294 valence electrons. The van der Waals surface area contributed by atoms with Crippen LogP contribution in [0.2, 0.25) is 0 Å². The summed E-state index contributed by atoms with van der Waals surface area (Å²) in [6, 6.07) is 62.0. The van der Waals surface area contributed by atoms with E-state index in [9.17, 15) is 0 Å². The highest BCUT2D eigenvalue weighted by molar-refractivity contribution is 6.21. The molecule has 0 unspecified atom stereocenters. The fraction of sp³-hybridized carbons (Fsp3) is 0. The van der Waals surface area contributed by atoms with Crippen molar-refractivity contribution in [1.82, 2.24) is 19.9 Å². The molecule has 0 aliphatic carbocycles. The van der Waals surface area contributed by atoms with E-state index in [1.807, 2.05) is 66.9 Å². The number of nitrogens with zero attached hydrogens (tertiary/aromatic N) is 4. The van der Waals surface area contributed by atoms with E-state index in [0.717, 1.165) is 116 Å². The molecule has 5 heterocycles. The first-order valence-electron chi connectivity index (χ1n) is 20.8. The van der Waals surface area contributed by atoms with E-state index in [2.05, 4.69) is 126 Å². The van der Waals surface area contributed by atoms with Crippen molar-refractivity contribution in [1.29, 1.82) is 0 Å². The summed E-state index contributed by atoms with van der Waals surface area (Å²) in [5, 5.41) is 6.42. The van der Waals surface area contributed by atoms with E-state index < -0.39 is 0 Å². The van der Waals surface area contributed by atoms with Crippen LogP contribution in [0.25, 0.3) is 133 Å². The van der Waals surface area contributed by atoms with Gasteiger partial charge in [0.1, 0.15) is 33.5 Å². The highest BCUT2D eigenvalue weighted by Crippen LogP contribution is 2.45. The predicted octanol–water partition coefficient (Wildman–Crippen LogP) is 15.0. The number of fused-ring (bicyclic) bond motifs is 9. The van der Waals surface area contributed by atoms with Crippen molar-refractivity contribution in [2.45, 2.75) is 0 Å². The van der Waals surface area contributed by atoms with Crippen molar-refractivity contribution in [3.05, 3.63) is 194 Å². The highest BCUT2D eigenvalue weighted by Gasteiger charge is 2.21. The van der Waals surface area contributed by atoms with Crippen molar-refractivity contribution >= 4 is 65.8 Å². The fourth-order valence-electron chi connectivity index (χ4n) is 9.05. The van der Waals surface area contributed by atoms with Gasteiger partial charge in [-0.15, -0.1) is 0 Å². The molecule has 13 aromatic rings. The predicted molar refractivity (Wildman–Crippen MR) is 252 cm³/mol. The Bertz CT molecular complexity index is 3900. The summed E-state index contributed by atoms with van der Waals surface area (Å²) in [5.74, 6) is 1.69. The van der Waals surface area contributed by atoms with Crippen LogP contribution in [0.5, 0.6) is 0 Å². The van der Waals surface area contributed by atoms with E-state index in [0.29, 0.717) is 17.5 Å². The lowest BCUT2D eigenvalue weighted by Crippen LogP contribution is -2.00. The third-order valence-corrected chi connectivity index (χ3v) is 12.1. The average Bonchev–Trinajstić information content (AvgIpc) is 4.06. The van der Waals surface area contributed by atoms with Crippen LogP contribution in [-0.4, -0.2) is 19.9 Å². The van der Waals surface area contributed by atoms with Crippen LogP contribution in [0.15, 0.2) is 208 Å². The molecule has 5 aromatic heterocycles. The Morgan fingerprint density at radius 1 is 0.302 bits per heavy atom. The smallest absolute Gasteiger partial charge is 0.164 e. The Balaban J connectivity index is 0.935. The topological polar surface area (TPSA) is 91.0 Å². The molecule has 7 heteroatoms. The lowest BCUT2D eigenvalue weighted by atomic mass is 9.92. The van der Waals surface area contributed by atoms with E-state index in [4.69, 9.17) is 28.2 Å². The van der Waals surface area contributed by atoms with Crippen LogP contribution in [0.3, 0.4) is 0 Å². The van der Waals surface area contributed by atoms with Crippen LogP contribution in [-0.2, 0) is 0 Å². The molecule has 8 aromatic carbocycles. The molecular weight excluding hydrogens is 777 g/mol. The van der Waals surface area contributed by atoms with Crippen molar-refractivity contribution in [3.8, 4) is 67.5 Å². The van der Waals surface area contributed by atoms with Crippen molar-refractivity contribution in [2.24, 2.45) is 0 Å². The van der Waals surface area contributed by atoms with Gasteiger partial charge in [0, 0.05) is 67.0 Å². The first-order valence-corrected chi connectivity index (χ1v) is 20.8. The first kappa shape index (κ1) is 35.1. The van der Waals surface area contributed by atoms with Crippen LogP contribution in [0.1, 0.15) is 0 Å². The third kappa shape index (κ3) is 5.75. The highest BCUT2D eigenvalue weighted by atomic mass is 16.3. The lowest BCUT2D eigenvalue weighted by Gasteiger charge is -2.11. The van der Waals surface area contributed by atoms with Gasteiger partial charge in [-0.1, -0.05) is 133 Å². The van der Waals surface area contributed by atoms with Gasteiger partial charge in [-0.3, -0.25) is 4.98 Å². The molecule has 0 radical (unpaired) electrons. The monoisotopic (exact) mass is 808 g/mol. The van der Waals surface area contributed by atoms with Crippen LogP contribution >= 0.6 is 0 Å². The summed E-state index contributed by atoms with van der Waals surface area (Å²) in [7, 11) is 0. The molecule has 7 nitrogen and oxygen atoms in total. The minimum atomic E-state index is 0.553. The van der Waals surface area contributed by atoms with E-state index in [1.165, 1.54) is 0 Å². The number of hydrogen-bond acceptors (Lipinski definition) is 7. The molecule has 0 bridgehead atoms. The first-order chi connectivity index (χ1) is 31.2. The summed E-state index contributed by atoms with van der Waals surface area (Å²) in [4.78, 5) is 19.5. The normalized spacial score (nSPS) is 11.8. The second-order valence-corrected chi connectivity index (χ2v) is 15.8. The van der Waals surface area contributed by atoms with E-state index >= 15 is 0 Å². The van der Waals surface area contributed by atoms with Crippen molar-refractivity contribution in [3.63, 3.8) is 0 Å². The molecule has 63 heavy (non-hydrogen) atoms. The molecule has 0 saturated heterocycles. The number of rotatable bonds is 6. The number of para-hydroxylation sites is 3. The molecule has 13 rings (SSSR count). The number of pyridine rings is 1.